The molecule has 0 saturated carbocycles. The monoisotopic (exact) mass is 285 g/mol. The van der Waals surface area contributed by atoms with Gasteiger partial charge in [-0.25, -0.2) is 0 Å². The minimum Gasteiger partial charge on any atom is -0.318 e. The summed E-state index contributed by atoms with van der Waals surface area (Å²) >= 11 is 0. The maximum Gasteiger partial charge on any atom is 0.0925 e. The summed E-state index contributed by atoms with van der Waals surface area (Å²) in [5.74, 6) is 0. The average molecular weight is 285 g/mol. The van der Waals surface area contributed by atoms with E-state index in [1.165, 1.54) is 0 Å². The van der Waals surface area contributed by atoms with E-state index in [2.05, 4.69) is 25.9 Å². The highest BCUT2D eigenvalue weighted by molar-refractivity contribution is 5.21. The molecule has 0 aliphatic carbocycles. The van der Waals surface area contributed by atoms with Gasteiger partial charge in [0.05, 0.1) is 17.4 Å². The smallest absolute Gasteiger partial charge is 0.0925 e. The summed E-state index contributed by atoms with van der Waals surface area (Å²) in [7, 11) is 1.96. The maximum absolute atomic E-state index is 4.45. The predicted molar refractivity (Wildman–Crippen MR) is 85.1 cm³/mol. The van der Waals surface area contributed by atoms with Crippen LogP contribution in [0.15, 0.2) is 48.8 Å². The number of hydrogen-bond acceptors (Lipinski definition) is 5. The highest BCUT2D eigenvalue weighted by Gasteiger charge is 2.15. The van der Waals surface area contributed by atoms with Crippen molar-refractivity contribution < 1.29 is 0 Å². The Morgan fingerprint density at radius 2 is 1.48 bits per heavy atom. The van der Waals surface area contributed by atoms with Crippen LogP contribution in [0.5, 0.6) is 0 Å². The zero-order valence-corrected chi connectivity index (χ0v) is 12.4. The predicted octanol–water partition coefficient (Wildman–Crippen LogP) is 0.965. The van der Waals surface area contributed by atoms with Crippen molar-refractivity contribution in [3.05, 3.63) is 60.2 Å². The highest BCUT2D eigenvalue weighted by Crippen LogP contribution is 2.17. The molecule has 2 heterocycles. The Hall–Kier alpha value is -1.82. The van der Waals surface area contributed by atoms with Crippen LogP contribution in [0.4, 0.5) is 0 Å². The fourth-order valence-electron chi connectivity index (χ4n) is 2.10. The molecule has 2 aromatic heterocycles. The largest absolute Gasteiger partial charge is 0.318 e. The van der Waals surface area contributed by atoms with Crippen LogP contribution in [0.25, 0.3) is 0 Å². The summed E-state index contributed by atoms with van der Waals surface area (Å²) in [6.45, 7) is 3.72. The molecular weight excluding hydrogens is 262 g/mol. The molecule has 5 heteroatoms. The molecule has 0 aliphatic rings. The first-order valence-corrected chi connectivity index (χ1v) is 7.32. The third kappa shape index (κ3) is 5.23. The molecule has 0 aromatic carbocycles. The van der Waals surface area contributed by atoms with Crippen LogP contribution in [-0.2, 0) is 0 Å². The quantitative estimate of drug-likeness (QED) is 0.599. The third-order valence-electron chi connectivity index (χ3n) is 3.17. The Morgan fingerprint density at radius 1 is 0.857 bits per heavy atom. The number of nitrogens with one attached hydrogen (secondary N) is 3. The molecule has 0 unspecified atom stereocenters. The lowest BCUT2D eigenvalue weighted by atomic mass is 10.1. The summed E-state index contributed by atoms with van der Waals surface area (Å²) in [6.07, 6.45) is 3.64. The Balaban J connectivity index is 1.94. The number of pyridine rings is 2. The lowest BCUT2D eigenvalue weighted by Gasteiger charge is -2.18. The van der Waals surface area contributed by atoms with Gasteiger partial charge in [-0.1, -0.05) is 12.1 Å². The fourth-order valence-corrected chi connectivity index (χ4v) is 2.10. The van der Waals surface area contributed by atoms with E-state index in [0.717, 1.165) is 37.6 Å². The normalized spacial score (nSPS) is 11.0. The number of nitrogens with zero attached hydrogens (tertiary/aromatic N) is 2. The molecule has 3 N–H and O–H groups in total. The molecule has 112 valence electrons. The molecule has 0 aliphatic heterocycles. The second kappa shape index (κ2) is 9.18. The van der Waals surface area contributed by atoms with Gasteiger partial charge in [-0.05, 0) is 31.3 Å². The Labute approximate surface area is 126 Å². The summed E-state index contributed by atoms with van der Waals surface area (Å²) in [5, 5.41) is 10.0. The first-order valence-electron chi connectivity index (χ1n) is 7.32. The van der Waals surface area contributed by atoms with Gasteiger partial charge in [0, 0.05) is 38.6 Å². The lowest BCUT2D eigenvalue weighted by Crippen LogP contribution is -2.34. The van der Waals surface area contributed by atoms with Gasteiger partial charge in [-0.2, -0.15) is 0 Å². The van der Waals surface area contributed by atoms with Crippen molar-refractivity contribution in [2.45, 2.75) is 6.04 Å². The molecule has 21 heavy (non-hydrogen) atoms. The molecule has 0 atom stereocenters. The van der Waals surface area contributed by atoms with Crippen molar-refractivity contribution in [2.75, 3.05) is 33.2 Å². The van der Waals surface area contributed by atoms with Gasteiger partial charge in [-0.15, -0.1) is 0 Å². The molecule has 0 saturated heterocycles. The minimum absolute atomic E-state index is 0.0264. The van der Waals surface area contributed by atoms with Gasteiger partial charge in [0.2, 0.25) is 0 Å². The van der Waals surface area contributed by atoms with Gasteiger partial charge in [0.15, 0.2) is 0 Å². The molecule has 0 fully saturated rings. The van der Waals surface area contributed by atoms with E-state index in [4.69, 9.17) is 0 Å². The first kappa shape index (κ1) is 15.6. The van der Waals surface area contributed by atoms with Crippen molar-refractivity contribution in [3.63, 3.8) is 0 Å². The summed E-state index contributed by atoms with van der Waals surface area (Å²) in [5.41, 5.74) is 1.98. The second-order valence-electron chi connectivity index (χ2n) is 4.75. The van der Waals surface area contributed by atoms with Gasteiger partial charge in [0.25, 0.3) is 0 Å². The molecule has 0 bridgehead atoms. The van der Waals surface area contributed by atoms with Crippen molar-refractivity contribution in [2.24, 2.45) is 0 Å². The van der Waals surface area contributed by atoms with Crippen molar-refractivity contribution in [3.8, 4) is 0 Å². The van der Waals surface area contributed by atoms with E-state index >= 15 is 0 Å². The van der Waals surface area contributed by atoms with E-state index in [9.17, 15) is 0 Å². The minimum atomic E-state index is 0.0264. The van der Waals surface area contributed by atoms with Crippen LogP contribution in [-0.4, -0.2) is 43.2 Å². The number of likely N-dealkylation sites (N-methyl/N-ethyl adjacent to an activating group) is 1. The van der Waals surface area contributed by atoms with Crippen molar-refractivity contribution >= 4 is 0 Å². The fraction of sp³-hybridized carbons (Fsp3) is 0.375. The molecular formula is C16H23N5. The molecule has 0 spiro atoms. The first-order chi connectivity index (χ1) is 10.4. The average Bonchev–Trinajstić information content (AvgIpc) is 2.56. The number of hydrogen-bond donors (Lipinski definition) is 3. The summed E-state index contributed by atoms with van der Waals surface area (Å²) in [6, 6.07) is 12.0. The SMILES string of the molecule is CNCCNCCNC(c1ccccn1)c1ccccn1. The second-order valence-corrected chi connectivity index (χ2v) is 4.75. The molecule has 2 aromatic rings. The van der Waals surface area contributed by atoms with Gasteiger partial charge in [0.1, 0.15) is 0 Å². The standard InChI is InChI=1S/C16H23N5/c1-17-10-11-18-12-13-21-16(14-6-2-4-8-19-14)15-7-3-5-9-20-15/h2-9,16-18,21H,10-13H2,1H3. The van der Waals surface area contributed by atoms with Crippen LogP contribution in [0.1, 0.15) is 17.4 Å². The Morgan fingerprint density at radius 3 is 2.00 bits per heavy atom. The van der Waals surface area contributed by atoms with E-state index in [0.29, 0.717) is 0 Å². The molecule has 0 radical (unpaired) electrons. The van der Waals surface area contributed by atoms with Crippen molar-refractivity contribution in [1.29, 1.82) is 0 Å². The number of rotatable bonds is 9. The summed E-state index contributed by atoms with van der Waals surface area (Å²) < 4.78 is 0. The molecule has 2 rings (SSSR count). The zero-order chi connectivity index (χ0) is 14.8. The zero-order valence-electron chi connectivity index (χ0n) is 12.4. The van der Waals surface area contributed by atoms with E-state index in [1.807, 2.05) is 55.8 Å². The van der Waals surface area contributed by atoms with Crippen LogP contribution < -0.4 is 16.0 Å². The van der Waals surface area contributed by atoms with Gasteiger partial charge < -0.3 is 16.0 Å². The third-order valence-corrected chi connectivity index (χ3v) is 3.17. The Kier molecular flexibility index (Phi) is 6.80. The van der Waals surface area contributed by atoms with Crippen LogP contribution in [0, 0.1) is 0 Å². The lowest BCUT2D eigenvalue weighted by molar-refractivity contribution is 0.546. The van der Waals surface area contributed by atoms with Crippen LogP contribution in [0.2, 0.25) is 0 Å². The van der Waals surface area contributed by atoms with Crippen molar-refractivity contribution in [1.82, 2.24) is 25.9 Å². The van der Waals surface area contributed by atoms with E-state index in [-0.39, 0.29) is 6.04 Å². The highest BCUT2D eigenvalue weighted by atomic mass is 15.0. The molecule has 0 amide bonds. The van der Waals surface area contributed by atoms with E-state index in [1.54, 1.807) is 0 Å². The Bertz CT molecular complexity index is 449. The van der Waals surface area contributed by atoms with Crippen LogP contribution in [0.3, 0.4) is 0 Å². The molecule has 5 nitrogen and oxygen atoms in total. The van der Waals surface area contributed by atoms with Gasteiger partial charge in [-0.3, -0.25) is 9.97 Å². The maximum atomic E-state index is 4.45. The number of aromatic nitrogens is 2. The van der Waals surface area contributed by atoms with E-state index < -0.39 is 0 Å². The topological polar surface area (TPSA) is 61.9 Å². The summed E-state index contributed by atoms with van der Waals surface area (Å²) in [4.78, 5) is 8.90. The van der Waals surface area contributed by atoms with Crippen LogP contribution >= 0.6 is 0 Å². The van der Waals surface area contributed by atoms with Gasteiger partial charge >= 0.3 is 0 Å².